The molecule has 0 aromatic heterocycles. The van der Waals surface area contributed by atoms with E-state index in [1.807, 2.05) is 6.92 Å². The number of alkyl halides is 1. The Morgan fingerprint density at radius 3 is 2.50 bits per heavy atom. The molecule has 1 aliphatic carbocycles. The van der Waals surface area contributed by atoms with Crippen LogP contribution >= 0.6 is 0 Å². The molecular formula is C6H11FO. The summed E-state index contributed by atoms with van der Waals surface area (Å²) in [4.78, 5) is 0. The Balaban J connectivity index is 2.42. The third-order valence-electron chi connectivity index (χ3n) is 2.16. The van der Waals surface area contributed by atoms with Crippen molar-refractivity contribution in [1.29, 1.82) is 0 Å². The summed E-state index contributed by atoms with van der Waals surface area (Å²) in [5.74, 6) is 0.174. The number of halogens is 1. The lowest BCUT2D eigenvalue weighted by Crippen LogP contribution is -2.47. The fourth-order valence-electron chi connectivity index (χ4n) is 0.965. The highest BCUT2D eigenvalue weighted by molar-refractivity contribution is 4.92. The Labute approximate surface area is 48.5 Å². The molecule has 2 heteroatoms. The molecule has 1 rings (SSSR count). The summed E-state index contributed by atoms with van der Waals surface area (Å²) >= 11 is 0. The van der Waals surface area contributed by atoms with Gasteiger partial charge in [-0.15, -0.1) is 0 Å². The van der Waals surface area contributed by atoms with Crippen molar-refractivity contribution in [3.05, 3.63) is 0 Å². The van der Waals surface area contributed by atoms with Gasteiger partial charge in [-0.1, -0.05) is 6.92 Å². The summed E-state index contributed by atoms with van der Waals surface area (Å²) in [6.45, 7) is 1.30. The van der Waals surface area contributed by atoms with Crippen LogP contribution in [-0.2, 0) is 0 Å². The molecule has 0 spiro atoms. The van der Waals surface area contributed by atoms with Crippen molar-refractivity contribution in [3.63, 3.8) is 0 Å². The summed E-state index contributed by atoms with van der Waals surface area (Å²) in [6.07, 6.45) is 1.62. The molecule has 48 valence electrons. The average Bonchev–Trinajstić information content (AvgIpc) is 1.83. The van der Waals surface area contributed by atoms with E-state index < -0.39 is 12.3 Å². The van der Waals surface area contributed by atoms with E-state index in [1.54, 1.807) is 0 Å². The molecule has 1 N–H and O–H groups in total. The third-order valence-corrected chi connectivity index (χ3v) is 2.16. The van der Waals surface area contributed by atoms with Crippen molar-refractivity contribution >= 4 is 0 Å². The average molecular weight is 118 g/mol. The zero-order valence-corrected chi connectivity index (χ0v) is 5.02. The Bertz CT molecular complexity index is 90.5. The molecule has 0 amide bonds. The van der Waals surface area contributed by atoms with Gasteiger partial charge < -0.3 is 5.11 Å². The summed E-state index contributed by atoms with van der Waals surface area (Å²) in [5, 5.41) is 9.11. The molecule has 1 nitrogen and oxygen atoms in total. The zero-order valence-electron chi connectivity index (χ0n) is 5.02. The summed E-state index contributed by atoms with van der Waals surface area (Å²) < 4.78 is 11.8. The third kappa shape index (κ3) is 0.635. The van der Waals surface area contributed by atoms with E-state index in [0.29, 0.717) is 6.42 Å². The van der Waals surface area contributed by atoms with E-state index in [2.05, 4.69) is 0 Å². The van der Waals surface area contributed by atoms with Crippen LogP contribution in [0.5, 0.6) is 0 Å². The minimum Gasteiger partial charge on any atom is -0.387 e. The Morgan fingerprint density at radius 2 is 2.50 bits per heavy atom. The Morgan fingerprint density at radius 1 is 1.88 bits per heavy atom. The lowest BCUT2D eigenvalue weighted by molar-refractivity contribution is -0.101. The van der Waals surface area contributed by atoms with Crippen LogP contribution in [0, 0.1) is 5.92 Å². The predicted molar refractivity (Wildman–Crippen MR) is 29.3 cm³/mol. The van der Waals surface area contributed by atoms with Crippen LogP contribution in [0.3, 0.4) is 0 Å². The fraction of sp³-hybridized carbons (Fsp3) is 1.00. The van der Waals surface area contributed by atoms with Gasteiger partial charge in [0.2, 0.25) is 0 Å². The molecule has 0 radical (unpaired) electrons. The normalized spacial score (nSPS) is 46.1. The van der Waals surface area contributed by atoms with Gasteiger partial charge in [-0.05, 0) is 18.8 Å². The van der Waals surface area contributed by atoms with Crippen LogP contribution < -0.4 is 0 Å². The first-order valence-electron chi connectivity index (χ1n) is 2.97. The zero-order chi connectivity index (χ0) is 6.20. The first-order valence-corrected chi connectivity index (χ1v) is 2.97. The number of hydrogen-bond donors (Lipinski definition) is 1. The van der Waals surface area contributed by atoms with Gasteiger partial charge in [0.05, 0.1) is 5.60 Å². The summed E-state index contributed by atoms with van der Waals surface area (Å²) in [5.41, 5.74) is -0.944. The summed E-state index contributed by atoms with van der Waals surface area (Å²) in [6, 6.07) is 0. The van der Waals surface area contributed by atoms with Gasteiger partial charge in [0.1, 0.15) is 6.67 Å². The first kappa shape index (κ1) is 6.02. The fourth-order valence-corrected chi connectivity index (χ4v) is 0.965. The molecule has 2 atom stereocenters. The minimum absolute atomic E-state index is 0.174. The highest BCUT2D eigenvalue weighted by atomic mass is 19.1. The van der Waals surface area contributed by atoms with Gasteiger partial charge in [-0.3, -0.25) is 0 Å². The molecule has 0 aromatic carbocycles. The van der Waals surface area contributed by atoms with Crippen LogP contribution in [0.1, 0.15) is 19.8 Å². The van der Waals surface area contributed by atoms with Crippen molar-refractivity contribution < 1.29 is 9.50 Å². The van der Waals surface area contributed by atoms with Gasteiger partial charge in [-0.25, -0.2) is 4.39 Å². The standard InChI is InChI=1S/C6H11FO/c1-5-2-3-6(5,8)4-7/h5,8H,2-4H2,1H3. The van der Waals surface area contributed by atoms with Crippen LogP contribution in [0.15, 0.2) is 0 Å². The van der Waals surface area contributed by atoms with Crippen LogP contribution in [0.25, 0.3) is 0 Å². The molecule has 1 fully saturated rings. The van der Waals surface area contributed by atoms with Crippen molar-refractivity contribution in [3.8, 4) is 0 Å². The van der Waals surface area contributed by atoms with E-state index in [-0.39, 0.29) is 5.92 Å². The van der Waals surface area contributed by atoms with Crippen LogP contribution in [0.2, 0.25) is 0 Å². The van der Waals surface area contributed by atoms with E-state index in [0.717, 1.165) is 6.42 Å². The topological polar surface area (TPSA) is 20.2 Å². The number of hydrogen-bond acceptors (Lipinski definition) is 1. The number of aliphatic hydroxyl groups is 1. The predicted octanol–water partition coefficient (Wildman–Crippen LogP) is 1.12. The van der Waals surface area contributed by atoms with Gasteiger partial charge in [0.15, 0.2) is 0 Å². The highest BCUT2D eigenvalue weighted by Crippen LogP contribution is 2.37. The second-order valence-electron chi connectivity index (χ2n) is 2.68. The molecule has 0 bridgehead atoms. The molecule has 1 saturated carbocycles. The number of rotatable bonds is 1. The SMILES string of the molecule is CC1CCC1(O)CF. The van der Waals surface area contributed by atoms with Crippen molar-refractivity contribution in [2.75, 3.05) is 6.67 Å². The van der Waals surface area contributed by atoms with Crippen molar-refractivity contribution in [2.45, 2.75) is 25.4 Å². The van der Waals surface area contributed by atoms with Crippen LogP contribution in [0.4, 0.5) is 4.39 Å². The van der Waals surface area contributed by atoms with Gasteiger partial charge >= 0.3 is 0 Å². The van der Waals surface area contributed by atoms with Gasteiger partial charge in [0, 0.05) is 0 Å². The van der Waals surface area contributed by atoms with E-state index in [4.69, 9.17) is 5.11 Å². The summed E-state index contributed by atoms with van der Waals surface area (Å²) in [7, 11) is 0. The second kappa shape index (κ2) is 1.69. The Hall–Kier alpha value is -0.110. The quantitative estimate of drug-likeness (QED) is 0.547. The molecule has 8 heavy (non-hydrogen) atoms. The maximum Gasteiger partial charge on any atom is 0.118 e. The largest absolute Gasteiger partial charge is 0.387 e. The molecule has 0 heterocycles. The highest BCUT2D eigenvalue weighted by Gasteiger charge is 2.41. The van der Waals surface area contributed by atoms with Gasteiger partial charge in [-0.2, -0.15) is 0 Å². The molecule has 0 saturated heterocycles. The van der Waals surface area contributed by atoms with Gasteiger partial charge in [0.25, 0.3) is 0 Å². The molecule has 1 aliphatic rings. The van der Waals surface area contributed by atoms with Crippen molar-refractivity contribution in [1.82, 2.24) is 0 Å². The lowest BCUT2D eigenvalue weighted by Gasteiger charge is -2.41. The second-order valence-corrected chi connectivity index (χ2v) is 2.68. The van der Waals surface area contributed by atoms with E-state index in [1.165, 1.54) is 0 Å². The molecule has 0 aromatic rings. The molecule has 0 aliphatic heterocycles. The maximum absolute atomic E-state index is 11.8. The maximum atomic E-state index is 11.8. The first-order chi connectivity index (χ1) is 3.69. The van der Waals surface area contributed by atoms with Crippen molar-refractivity contribution in [2.24, 2.45) is 5.92 Å². The van der Waals surface area contributed by atoms with E-state index >= 15 is 0 Å². The monoisotopic (exact) mass is 118 g/mol. The molecular weight excluding hydrogens is 107 g/mol. The smallest absolute Gasteiger partial charge is 0.118 e. The molecule has 2 unspecified atom stereocenters. The Kier molecular flexibility index (Phi) is 1.27. The van der Waals surface area contributed by atoms with Crippen LogP contribution in [-0.4, -0.2) is 17.4 Å². The van der Waals surface area contributed by atoms with E-state index in [9.17, 15) is 4.39 Å². The lowest BCUT2D eigenvalue weighted by atomic mass is 9.71. The minimum atomic E-state index is -0.944.